The molecule has 0 bridgehead atoms. The Morgan fingerprint density at radius 2 is 1.74 bits per heavy atom. The molecule has 1 saturated carbocycles. The third-order valence-electron chi connectivity index (χ3n) is 5.07. The van der Waals surface area contributed by atoms with Crippen LogP contribution in [-0.4, -0.2) is 29.9 Å². The molecule has 0 aromatic heterocycles. The van der Waals surface area contributed by atoms with Crippen molar-refractivity contribution in [1.82, 2.24) is 4.90 Å². The molecule has 1 unspecified atom stereocenters. The molecule has 1 aliphatic carbocycles. The molecule has 0 radical (unpaired) electrons. The molecule has 3 nitrogen and oxygen atoms in total. The van der Waals surface area contributed by atoms with Crippen LogP contribution in [-0.2, 0) is 4.79 Å². The molecule has 1 aliphatic heterocycles. The average Bonchev–Trinajstić information content (AvgIpc) is 2.37. The minimum atomic E-state index is 0.198. The third-order valence-corrected chi connectivity index (χ3v) is 5.07. The van der Waals surface area contributed by atoms with E-state index < -0.39 is 0 Å². The minimum Gasteiger partial charge on any atom is -0.341 e. The van der Waals surface area contributed by atoms with Crippen LogP contribution < -0.4 is 5.73 Å². The van der Waals surface area contributed by atoms with Gasteiger partial charge in [-0.15, -0.1) is 0 Å². The van der Waals surface area contributed by atoms with Gasteiger partial charge in [-0.3, -0.25) is 4.79 Å². The number of carbonyl (C=O) groups excluding carboxylic acids is 1. The number of nitrogens with zero attached hydrogens (tertiary/aromatic N) is 1. The lowest BCUT2D eigenvalue weighted by Gasteiger charge is -2.39. The molecule has 2 aliphatic rings. The van der Waals surface area contributed by atoms with Gasteiger partial charge >= 0.3 is 0 Å². The first-order valence-electron chi connectivity index (χ1n) is 7.92. The van der Waals surface area contributed by atoms with Gasteiger partial charge in [0.15, 0.2) is 0 Å². The lowest BCUT2D eigenvalue weighted by Crippen LogP contribution is -2.48. The van der Waals surface area contributed by atoms with E-state index in [0.29, 0.717) is 11.3 Å². The van der Waals surface area contributed by atoms with Crippen LogP contribution in [0.3, 0.4) is 0 Å². The maximum absolute atomic E-state index is 12.5. The average molecular weight is 266 g/mol. The molecule has 3 heteroatoms. The Labute approximate surface area is 117 Å². The molecule has 1 amide bonds. The van der Waals surface area contributed by atoms with E-state index in [1.165, 1.54) is 12.8 Å². The Morgan fingerprint density at radius 1 is 1.11 bits per heavy atom. The van der Waals surface area contributed by atoms with Gasteiger partial charge in [-0.2, -0.15) is 0 Å². The second-order valence-corrected chi connectivity index (χ2v) is 7.60. The highest BCUT2D eigenvalue weighted by atomic mass is 16.2. The number of amides is 1. The van der Waals surface area contributed by atoms with Crippen LogP contribution in [0.25, 0.3) is 0 Å². The first-order chi connectivity index (χ1) is 8.88. The molecule has 0 spiro atoms. The fourth-order valence-corrected chi connectivity index (χ4v) is 3.67. The molecule has 0 aromatic rings. The van der Waals surface area contributed by atoms with E-state index in [-0.39, 0.29) is 12.0 Å². The third kappa shape index (κ3) is 3.71. The summed E-state index contributed by atoms with van der Waals surface area (Å²) in [6, 6.07) is 0.198. The normalized spacial score (nSPS) is 33.3. The van der Waals surface area contributed by atoms with Crippen molar-refractivity contribution in [3.05, 3.63) is 0 Å². The smallest absolute Gasteiger partial charge is 0.225 e. The maximum atomic E-state index is 12.5. The lowest BCUT2D eigenvalue weighted by atomic mass is 9.69. The van der Waals surface area contributed by atoms with Gasteiger partial charge in [0.1, 0.15) is 0 Å². The highest BCUT2D eigenvalue weighted by molar-refractivity contribution is 5.79. The van der Waals surface area contributed by atoms with Crippen molar-refractivity contribution in [2.45, 2.75) is 65.3 Å². The summed E-state index contributed by atoms with van der Waals surface area (Å²) in [5.74, 6) is 1.42. The van der Waals surface area contributed by atoms with Crippen LogP contribution in [0.2, 0.25) is 0 Å². The lowest BCUT2D eigenvalue weighted by molar-refractivity contribution is -0.138. The maximum Gasteiger partial charge on any atom is 0.225 e. The van der Waals surface area contributed by atoms with Crippen LogP contribution in [0.15, 0.2) is 0 Å². The second-order valence-electron chi connectivity index (χ2n) is 7.60. The molecule has 19 heavy (non-hydrogen) atoms. The molecule has 0 aromatic carbocycles. The van der Waals surface area contributed by atoms with E-state index in [2.05, 4.69) is 20.8 Å². The number of nitrogens with two attached hydrogens (primary N) is 1. The van der Waals surface area contributed by atoms with Gasteiger partial charge in [0, 0.05) is 25.0 Å². The van der Waals surface area contributed by atoms with E-state index in [4.69, 9.17) is 5.73 Å². The van der Waals surface area contributed by atoms with Gasteiger partial charge in [0.25, 0.3) is 0 Å². The monoisotopic (exact) mass is 266 g/mol. The van der Waals surface area contributed by atoms with Gasteiger partial charge in [-0.05, 0) is 49.9 Å². The molecule has 1 atom stereocenters. The van der Waals surface area contributed by atoms with Crippen molar-refractivity contribution in [3.8, 4) is 0 Å². The van der Waals surface area contributed by atoms with Crippen molar-refractivity contribution in [3.63, 3.8) is 0 Å². The Hall–Kier alpha value is -0.570. The predicted molar refractivity (Wildman–Crippen MR) is 78.7 cm³/mol. The van der Waals surface area contributed by atoms with E-state index >= 15 is 0 Å². The first kappa shape index (κ1) is 14.8. The summed E-state index contributed by atoms with van der Waals surface area (Å²) < 4.78 is 0. The molecule has 1 saturated heterocycles. The Bertz CT molecular complexity index is 313. The number of rotatable bonds is 1. The summed E-state index contributed by atoms with van der Waals surface area (Å²) in [6.07, 6.45) is 6.71. The van der Waals surface area contributed by atoms with Crippen molar-refractivity contribution in [2.75, 3.05) is 13.1 Å². The summed E-state index contributed by atoms with van der Waals surface area (Å²) in [5.41, 5.74) is 6.37. The van der Waals surface area contributed by atoms with E-state index in [1.807, 2.05) is 4.90 Å². The zero-order valence-corrected chi connectivity index (χ0v) is 12.8. The number of piperidine rings is 1. The molecule has 2 fully saturated rings. The van der Waals surface area contributed by atoms with E-state index in [9.17, 15) is 4.79 Å². The van der Waals surface area contributed by atoms with Crippen molar-refractivity contribution in [2.24, 2.45) is 23.0 Å². The summed E-state index contributed by atoms with van der Waals surface area (Å²) in [6.45, 7) is 8.67. The zero-order valence-electron chi connectivity index (χ0n) is 12.8. The Kier molecular flexibility index (Phi) is 4.54. The van der Waals surface area contributed by atoms with Gasteiger partial charge < -0.3 is 10.6 Å². The van der Waals surface area contributed by atoms with Gasteiger partial charge in [-0.1, -0.05) is 20.8 Å². The van der Waals surface area contributed by atoms with Crippen molar-refractivity contribution in [1.29, 1.82) is 0 Å². The minimum absolute atomic E-state index is 0.198. The summed E-state index contributed by atoms with van der Waals surface area (Å²) in [5, 5.41) is 0. The summed E-state index contributed by atoms with van der Waals surface area (Å²) in [7, 11) is 0. The SMILES string of the molecule is CC(C)(C)C1CCC(C(=O)N2CCCC(N)C2)CC1. The van der Waals surface area contributed by atoms with Crippen molar-refractivity contribution >= 4 is 5.91 Å². The zero-order chi connectivity index (χ0) is 14.0. The van der Waals surface area contributed by atoms with Gasteiger partial charge in [0.2, 0.25) is 5.91 Å². The second kappa shape index (κ2) is 5.82. The van der Waals surface area contributed by atoms with Crippen LogP contribution >= 0.6 is 0 Å². The van der Waals surface area contributed by atoms with Crippen molar-refractivity contribution < 1.29 is 4.79 Å². The van der Waals surface area contributed by atoms with Crippen LogP contribution in [0, 0.1) is 17.3 Å². The number of hydrogen-bond acceptors (Lipinski definition) is 2. The van der Waals surface area contributed by atoms with E-state index in [1.54, 1.807) is 0 Å². The van der Waals surface area contributed by atoms with Crippen LogP contribution in [0.4, 0.5) is 0 Å². The standard InChI is InChI=1S/C16H30N2O/c1-16(2,3)13-8-6-12(7-9-13)15(19)18-10-4-5-14(17)11-18/h12-14H,4-11,17H2,1-3H3. The molecule has 1 heterocycles. The largest absolute Gasteiger partial charge is 0.341 e. The molecule has 2 N–H and O–H groups in total. The van der Waals surface area contributed by atoms with Gasteiger partial charge in [-0.25, -0.2) is 0 Å². The number of likely N-dealkylation sites (tertiary alicyclic amines) is 1. The number of hydrogen-bond donors (Lipinski definition) is 1. The molecular formula is C16H30N2O. The topological polar surface area (TPSA) is 46.3 Å². The van der Waals surface area contributed by atoms with Crippen LogP contribution in [0.5, 0.6) is 0 Å². The molecular weight excluding hydrogens is 236 g/mol. The Balaban J connectivity index is 1.85. The van der Waals surface area contributed by atoms with Crippen LogP contribution in [0.1, 0.15) is 59.3 Å². The molecule has 110 valence electrons. The van der Waals surface area contributed by atoms with Gasteiger partial charge in [0.05, 0.1) is 0 Å². The quantitative estimate of drug-likeness (QED) is 0.793. The fourth-order valence-electron chi connectivity index (χ4n) is 3.67. The summed E-state index contributed by atoms with van der Waals surface area (Å²) >= 11 is 0. The molecule has 2 rings (SSSR count). The Morgan fingerprint density at radius 3 is 2.26 bits per heavy atom. The fraction of sp³-hybridized carbons (Fsp3) is 0.938. The number of carbonyl (C=O) groups is 1. The highest BCUT2D eigenvalue weighted by Crippen LogP contribution is 2.40. The highest BCUT2D eigenvalue weighted by Gasteiger charge is 2.34. The first-order valence-corrected chi connectivity index (χ1v) is 7.92. The predicted octanol–water partition coefficient (Wildman–Crippen LogP) is 2.79. The summed E-state index contributed by atoms with van der Waals surface area (Å²) in [4.78, 5) is 14.5. The van der Waals surface area contributed by atoms with E-state index in [0.717, 1.165) is 44.7 Å².